The van der Waals surface area contributed by atoms with Crippen molar-refractivity contribution in [1.82, 2.24) is 9.88 Å². The molecule has 2 atom stereocenters. The summed E-state index contributed by atoms with van der Waals surface area (Å²) in [5.74, 6) is 1.03. The standard InChI is InChI=1S/C20H21N3O2/c24-11-15-3-1-2-4-19(15)14-5-6-20(21-8-14)22-9-16-7-17(10-22)23(16)18-12-25-13-18/h1-6,8,11,16-18H,7,9-10,12-13H2. The van der Waals surface area contributed by atoms with Gasteiger partial charge in [0.15, 0.2) is 6.29 Å². The molecule has 4 aliphatic heterocycles. The molecule has 0 N–H and O–H groups in total. The van der Waals surface area contributed by atoms with Gasteiger partial charge >= 0.3 is 0 Å². The van der Waals surface area contributed by atoms with E-state index in [-0.39, 0.29) is 0 Å². The number of aromatic nitrogens is 1. The van der Waals surface area contributed by atoms with Crippen molar-refractivity contribution in [2.24, 2.45) is 0 Å². The van der Waals surface area contributed by atoms with Crippen molar-refractivity contribution in [2.75, 3.05) is 31.2 Å². The first-order chi connectivity index (χ1) is 12.3. The van der Waals surface area contributed by atoms with Gasteiger partial charge in [-0.1, -0.05) is 24.3 Å². The third kappa shape index (κ3) is 2.46. The SMILES string of the molecule is O=Cc1ccccc1-c1ccc(N2CC3CC(C2)N3C2COC2)nc1. The van der Waals surface area contributed by atoms with Crippen LogP contribution in [-0.4, -0.2) is 60.6 Å². The number of benzene rings is 1. The van der Waals surface area contributed by atoms with Crippen LogP contribution in [0.5, 0.6) is 0 Å². The average molecular weight is 335 g/mol. The topological polar surface area (TPSA) is 45.7 Å². The van der Waals surface area contributed by atoms with E-state index in [1.807, 2.05) is 30.5 Å². The van der Waals surface area contributed by atoms with E-state index in [1.165, 1.54) is 6.42 Å². The number of rotatable bonds is 4. The second-order valence-corrected chi connectivity index (χ2v) is 7.20. The molecule has 0 aliphatic carbocycles. The Labute approximate surface area is 147 Å². The molecule has 1 aromatic carbocycles. The third-order valence-corrected chi connectivity index (χ3v) is 5.76. The lowest BCUT2D eigenvalue weighted by Gasteiger charge is -2.60. The van der Waals surface area contributed by atoms with Gasteiger partial charge in [0, 0.05) is 42.5 Å². The number of hydrogen-bond acceptors (Lipinski definition) is 5. The molecule has 4 fully saturated rings. The zero-order valence-electron chi connectivity index (χ0n) is 14.0. The number of aldehydes is 1. The highest BCUT2D eigenvalue weighted by Crippen LogP contribution is 2.37. The molecular weight excluding hydrogens is 314 g/mol. The van der Waals surface area contributed by atoms with Crippen LogP contribution < -0.4 is 4.90 Å². The number of carbonyl (C=O) groups is 1. The van der Waals surface area contributed by atoms with Gasteiger partial charge in [-0.3, -0.25) is 9.69 Å². The van der Waals surface area contributed by atoms with Crippen LogP contribution in [0.15, 0.2) is 42.6 Å². The quantitative estimate of drug-likeness (QED) is 0.802. The number of carbonyl (C=O) groups excluding carboxylic acids is 1. The Hall–Kier alpha value is -2.24. The summed E-state index contributed by atoms with van der Waals surface area (Å²) in [6.45, 7) is 3.89. The van der Waals surface area contributed by atoms with E-state index in [2.05, 4.69) is 26.9 Å². The lowest BCUT2D eigenvalue weighted by molar-refractivity contribution is -0.141. The molecule has 2 unspecified atom stereocenters. The Morgan fingerprint density at radius 1 is 1.04 bits per heavy atom. The maximum atomic E-state index is 11.2. The molecule has 5 heteroatoms. The molecular formula is C20H21N3O2. The average Bonchev–Trinajstić information content (AvgIpc) is 2.64. The van der Waals surface area contributed by atoms with Gasteiger partial charge in [-0.05, 0) is 24.1 Å². The summed E-state index contributed by atoms with van der Waals surface area (Å²) >= 11 is 0. The van der Waals surface area contributed by atoms with Gasteiger partial charge in [-0.2, -0.15) is 0 Å². The first-order valence-electron chi connectivity index (χ1n) is 8.94. The fourth-order valence-corrected chi connectivity index (χ4v) is 4.41. The van der Waals surface area contributed by atoms with Gasteiger partial charge in [-0.15, -0.1) is 0 Å². The van der Waals surface area contributed by atoms with Gasteiger partial charge in [0.25, 0.3) is 0 Å². The molecule has 0 amide bonds. The molecule has 4 saturated heterocycles. The first kappa shape index (κ1) is 15.0. The second kappa shape index (κ2) is 5.93. The van der Waals surface area contributed by atoms with E-state index in [0.717, 1.165) is 49.5 Å². The summed E-state index contributed by atoms with van der Waals surface area (Å²) in [6.07, 6.45) is 4.09. The molecule has 25 heavy (non-hydrogen) atoms. The van der Waals surface area contributed by atoms with Crippen molar-refractivity contribution in [2.45, 2.75) is 24.5 Å². The number of ether oxygens (including phenoxy) is 1. The smallest absolute Gasteiger partial charge is 0.150 e. The van der Waals surface area contributed by atoms with Gasteiger partial charge in [0.1, 0.15) is 5.82 Å². The number of piperazine rings is 1. The van der Waals surface area contributed by atoms with Crippen LogP contribution in [0.4, 0.5) is 5.82 Å². The highest BCUT2D eigenvalue weighted by Gasteiger charge is 2.49. The Bertz CT molecular complexity index is 776. The minimum absolute atomic E-state index is 0.640. The van der Waals surface area contributed by atoms with Crippen molar-refractivity contribution in [3.63, 3.8) is 0 Å². The minimum Gasteiger partial charge on any atom is -0.378 e. The molecule has 0 radical (unpaired) electrons. The maximum Gasteiger partial charge on any atom is 0.150 e. The van der Waals surface area contributed by atoms with Crippen LogP contribution in [0, 0.1) is 0 Å². The molecule has 2 aromatic rings. The molecule has 128 valence electrons. The van der Waals surface area contributed by atoms with Gasteiger partial charge < -0.3 is 9.64 Å². The van der Waals surface area contributed by atoms with E-state index in [0.29, 0.717) is 23.7 Å². The molecule has 0 spiro atoms. The Balaban J connectivity index is 1.32. The summed E-state index contributed by atoms with van der Waals surface area (Å²) in [5.41, 5.74) is 2.63. The molecule has 6 rings (SSSR count). The summed E-state index contributed by atoms with van der Waals surface area (Å²) in [6, 6.07) is 13.7. The summed E-state index contributed by atoms with van der Waals surface area (Å²) in [7, 11) is 0. The zero-order valence-corrected chi connectivity index (χ0v) is 14.0. The number of piperidine rings is 1. The first-order valence-corrected chi connectivity index (χ1v) is 8.94. The highest BCUT2D eigenvalue weighted by atomic mass is 16.5. The van der Waals surface area contributed by atoms with Crippen LogP contribution in [-0.2, 0) is 4.74 Å². The second-order valence-electron chi connectivity index (χ2n) is 7.20. The molecule has 5 heterocycles. The fraction of sp³-hybridized carbons (Fsp3) is 0.400. The van der Waals surface area contributed by atoms with Crippen molar-refractivity contribution in [1.29, 1.82) is 0 Å². The number of hydrogen-bond donors (Lipinski definition) is 0. The van der Waals surface area contributed by atoms with Crippen molar-refractivity contribution >= 4 is 12.1 Å². The van der Waals surface area contributed by atoms with E-state index in [9.17, 15) is 4.79 Å². The van der Waals surface area contributed by atoms with E-state index in [1.54, 1.807) is 0 Å². The predicted molar refractivity (Wildman–Crippen MR) is 95.9 cm³/mol. The molecule has 0 saturated carbocycles. The van der Waals surface area contributed by atoms with Crippen molar-refractivity contribution < 1.29 is 9.53 Å². The lowest BCUT2D eigenvalue weighted by Crippen LogP contribution is -2.74. The highest BCUT2D eigenvalue weighted by molar-refractivity contribution is 5.87. The van der Waals surface area contributed by atoms with Gasteiger partial charge in [0.2, 0.25) is 0 Å². The molecule has 5 nitrogen and oxygen atoms in total. The fourth-order valence-electron chi connectivity index (χ4n) is 4.41. The van der Waals surface area contributed by atoms with Crippen LogP contribution in [0.3, 0.4) is 0 Å². The summed E-state index contributed by atoms with van der Waals surface area (Å²) in [5, 5.41) is 0. The Morgan fingerprint density at radius 2 is 1.84 bits per heavy atom. The minimum atomic E-state index is 0.640. The number of nitrogens with zero attached hydrogens (tertiary/aromatic N) is 3. The van der Waals surface area contributed by atoms with Crippen molar-refractivity contribution in [3.05, 3.63) is 48.2 Å². The Morgan fingerprint density at radius 3 is 2.48 bits per heavy atom. The number of pyridine rings is 1. The molecule has 2 bridgehead atoms. The summed E-state index contributed by atoms with van der Waals surface area (Å²) in [4.78, 5) is 20.9. The third-order valence-electron chi connectivity index (χ3n) is 5.76. The van der Waals surface area contributed by atoms with Crippen LogP contribution in [0.1, 0.15) is 16.8 Å². The monoisotopic (exact) mass is 335 g/mol. The van der Waals surface area contributed by atoms with Crippen LogP contribution >= 0.6 is 0 Å². The van der Waals surface area contributed by atoms with Crippen LogP contribution in [0.25, 0.3) is 11.1 Å². The Kier molecular flexibility index (Phi) is 3.57. The maximum absolute atomic E-state index is 11.2. The summed E-state index contributed by atoms with van der Waals surface area (Å²) < 4.78 is 5.35. The number of fused-ring (bicyclic) bond motifs is 2. The largest absolute Gasteiger partial charge is 0.378 e. The predicted octanol–water partition coefficient (Wildman–Crippen LogP) is 2.22. The normalized spacial score (nSPS) is 26.0. The van der Waals surface area contributed by atoms with Crippen LogP contribution in [0.2, 0.25) is 0 Å². The molecule has 1 aromatic heterocycles. The number of anilines is 1. The van der Waals surface area contributed by atoms with E-state index >= 15 is 0 Å². The van der Waals surface area contributed by atoms with Gasteiger partial charge in [0.05, 0.1) is 19.3 Å². The van der Waals surface area contributed by atoms with Gasteiger partial charge in [-0.25, -0.2) is 4.98 Å². The van der Waals surface area contributed by atoms with E-state index < -0.39 is 0 Å². The zero-order chi connectivity index (χ0) is 16.8. The lowest BCUT2D eigenvalue weighted by atomic mass is 9.85. The van der Waals surface area contributed by atoms with Crippen molar-refractivity contribution in [3.8, 4) is 11.1 Å². The van der Waals surface area contributed by atoms with E-state index in [4.69, 9.17) is 4.74 Å². The molecule has 4 aliphatic rings.